The molecule has 0 radical (unpaired) electrons. The predicted molar refractivity (Wildman–Crippen MR) is 95.9 cm³/mol. The van der Waals surface area contributed by atoms with Gasteiger partial charge in [0.25, 0.3) is 5.91 Å². The summed E-state index contributed by atoms with van der Waals surface area (Å²) in [6.07, 6.45) is 2.66. The molecule has 1 fully saturated rings. The highest BCUT2D eigenvalue weighted by molar-refractivity contribution is 5.94. The zero-order valence-electron chi connectivity index (χ0n) is 14.0. The number of hydrogen-bond acceptors (Lipinski definition) is 5. The van der Waals surface area contributed by atoms with Crippen molar-refractivity contribution < 1.29 is 15.8 Å². The summed E-state index contributed by atoms with van der Waals surface area (Å²) >= 11 is 0. The molecule has 0 bridgehead atoms. The number of piperazine rings is 1. The number of aromatic amines is 1. The van der Waals surface area contributed by atoms with Crippen LogP contribution in [0, 0.1) is 0 Å². The van der Waals surface area contributed by atoms with Gasteiger partial charge in [-0.1, -0.05) is 12.1 Å². The molecule has 8 nitrogen and oxygen atoms in total. The highest BCUT2D eigenvalue weighted by Gasteiger charge is 2.27. The summed E-state index contributed by atoms with van der Waals surface area (Å²) in [4.78, 5) is 39.4. The van der Waals surface area contributed by atoms with Crippen molar-refractivity contribution in [3.05, 3.63) is 54.6 Å². The van der Waals surface area contributed by atoms with Crippen molar-refractivity contribution in [3.63, 3.8) is 0 Å². The lowest BCUT2D eigenvalue weighted by Gasteiger charge is -2.33. The number of benzene rings is 1. The van der Waals surface area contributed by atoms with E-state index in [9.17, 15) is 9.59 Å². The van der Waals surface area contributed by atoms with E-state index in [0.29, 0.717) is 37.8 Å². The normalized spacial score (nSPS) is 14.5. The van der Waals surface area contributed by atoms with Crippen LogP contribution in [0.3, 0.4) is 0 Å². The van der Waals surface area contributed by atoms with E-state index >= 15 is 0 Å². The molecule has 1 aliphatic rings. The zero-order chi connectivity index (χ0) is 17.9. The number of H-pyrrole nitrogens is 1. The molecule has 8 heteroatoms. The van der Waals surface area contributed by atoms with Crippen molar-refractivity contribution in [2.24, 2.45) is 0 Å². The summed E-state index contributed by atoms with van der Waals surface area (Å²) in [6.45, 7) is 1.67. The Labute approximate surface area is 150 Å². The number of fused-ring (bicyclic) bond motifs is 1. The van der Waals surface area contributed by atoms with Gasteiger partial charge in [0.1, 0.15) is 0 Å². The minimum Gasteiger partial charge on any atom is -0.409 e. The molecule has 4 rings (SSSR count). The number of carbonyl (C=O) groups excluding carboxylic acids is 2. The van der Waals surface area contributed by atoms with E-state index in [1.807, 2.05) is 24.3 Å². The molecule has 1 aromatic carbocycles. The molecule has 1 saturated heterocycles. The van der Waals surface area contributed by atoms with Gasteiger partial charge in [0.05, 0.1) is 17.2 Å². The SMILES string of the molecule is O=C(Oc1cccnc1)N1CCN(C(=O)c2nc3ccccc3[nH]2)CC1.[HH]. The van der Waals surface area contributed by atoms with E-state index in [1.165, 1.54) is 6.20 Å². The molecule has 0 spiro atoms. The second-order valence-corrected chi connectivity index (χ2v) is 5.94. The predicted octanol–water partition coefficient (Wildman–Crippen LogP) is 2.16. The van der Waals surface area contributed by atoms with E-state index in [-0.39, 0.29) is 7.33 Å². The molecule has 3 heterocycles. The van der Waals surface area contributed by atoms with Crippen molar-refractivity contribution in [1.29, 1.82) is 0 Å². The fourth-order valence-electron chi connectivity index (χ4n) is 2.87. The molecule has 2 aromatic heterocycles. The maximum absolute atomic E-state index is 12.6. The van der Waals surface area contributed by atoms with Gasteiger partial charge >= 0.3 is 6.09 Å². The third-order valence-corrected chi connectivity index (χ3v) is 4.26. The number of pyridine rings is 1. The fraction of sp³-hybridized carbons (Fsp3) is 0.222. The number of nitrogens with zero attached hydrogens (tertiary/aromatic N) is 4. The van der Waals surface area contributed by atoms with Gasteiger partial charge in [0.15, 0.2) is 11.6 Å². The van der Waals surface area contributed by atoms with E-state index in [2.05, 4.69) is 15.0 Å². The second kappa shape index (κ2) is 6.83. The third-order valence-electron chi connectivity index (χ3n) is 4.26. The van der Waals surface area contributed by atoms with Crippen molar-refractivity contribution >= 4 is 23.0 Å². The number of aromatic nitrogens is 3. The van der Waals surface area contributed by atoms with E-state index in [0.717, 1.165) is 11.0 Å². The van der Waals surface area contributed by atoms with E-state index in [1.54, 1.807) is 28.1 Å². The van der Waals surface area contributed by atoms with Crippen LogP contribution >= 0.6 is 0 Å². The third kappa shape index (κ3) is 3.21. The van der Waals surface area contributed by atoms with Gasteiger partial charge in [-0.15, -0.1) is 0 Å². The molecule has 3 aromatic rings. The number of carbonyl (C=O) groups is 2. The summed E-state index contributed by atoms with van der Waals surface area (Å²) in [6, 6.07) is 10.9. The lowest BCUT2D eigenvalue weighted by molar-refractivity contribution is 0.0623. The molecular weight excluding hydrogens is 334 g/mol. The van der Waals surface area contributed by atoms with Gasteiger partial charge in [0.2, 0.25) is 0 Å². The second-order valence-electron chi connectivity index (χ2n) is 5.94. The van der Waals surface area contributed by atoms with Gasteiger partial charge in [-0.05, 0) is 24.3 Å². The number of amides is 2. The molecular formula is C18H19N5O3. The molecule has 0 atom stereocenters. The molecule has 26 heavy (non-hydrogen) atoms. The molecule has 2 amide bonds. The maximum atomic E-state index is 12.6. The summed E-state index contributed by atoms with van der Waals surface area (Å²) in [5.41, 5.74) is 1.59. The van der Waals surface area contributed by atoms with E-state index < -0.39 is 6.09 Å². The first-order valence-corrected chi connectivity index (χ1v) is 8.31. The van der Waals surface area contributed by atoms with Crippen LogP contribution in [-0.4, -0.2) is 62.9 Å². The first-order chi connectivity index (χ1) is 12.7. The van der Waals surface area contributed by atoms with Gasteiger partial charge < -0.3 is 19.5 Å². The lowest BCUT2D eigenvalue weighted by atomic mass is 10.3. The Morgan fingerprint density at radius 2 is 1.81 bits per heavy atom. The van der Waals surface area contributed by atoms with Crippen LogP contribution < -0.4 is 4.74 Å². The Morgan fingerprint density at radius 1 is 1.04 bits per heavy atom. The Morgan fingerprint density at radius 3 is 2.54 bits per heavy atom. The Balaban J connectivity index is 0.00000210. The highest BCUT2D eigenvalue weighted by atomic mass is 16.6. The van der Waals surface area contributed by atoms with E-state index in [4.69, 9.17) is 4.74 Å². The van der Waals surface area contributed by atoms with Gasteiger partial charge in [-0.3, -0.25) is 9.78 Å². The van der Waals surface area contributed by atoms with Crippen LogP contribution in [0.15, 0.2) is 48.8 Å². The zero-order valence-corrected chi connectivity index (χ0v) is 14.0. The number of nitrogens with one attached hydrogen (secondary N) is 1. The first-order valence-electron chi connectivity index (χ1n) is 8.31. The molecule has 1 N–H and O–H groups in total. The lowest BCUT2D eigenvalue weighted by Crippen LogP contribution is -2.51. The summed E-state index contributed by atoms with van der Waals surface area (Å²) in [5.74, 6) is 0.553. The smallest absolute Gasteiger partial charge is 0.409 e. The molecule has 134 valence electrons. The minimum absolute atomic E-state index is 0. The standard InChI is InChI=1S/C18H17N5O3.H2/c24-17(16-20-14-5-1-2-6-15(14)21-16)22-8-10-23(11-9-22)18(25)26-13-4-3-7-19-12-13;/h1-7,12H,8-11H2,(H,20,21);1H. The van der Waals surface area contributed by atoms with Crippen LogP contribution in [0.4, 0.5) is 4.79 Å². The molecule has 0 aliphatic carbocycles. The van der Waals surface area contributed by atoms with Gasteiger partial charge in [-0.25, -0.2) is 9.78 Å². The average Bonchev–Trinajstić information content (AvgIpc) is 3.12. The van der Waals surface area contributed by atoms with Crippen LogP contribution in [0.2, 0.25) is 0 Å². The first kappa shape index (κ1) is 16.1. The number of hydrogen-bond donors (Lipinski definition) is 1. The van der Waals surface area contributed by atoms with Gasteiger partial charge in [0, 0.05) is 33.8 Å². The number of imidazole rings is 1. The number of ether oxygens (including phenoxy) is 1. The summed E-state index contributed by atoms with van der Waals surface area (Å²) in [5, 5.41) is 0. The van der Waals surface area contributed by atoms with Crippen molar-refractivity contribution in [3.8, 4) is 5.75 Å². The van der Waals surface area contributed by atoms with Crippen LogP contribution in [0.25, 0.3) is 11.0 Å². The quantitative estimate of drug-likeness (QED) is 0.762. The summed E-state index contributed by atoms with van der Waals surface area (Å²) in [7, 11) is 0. The Bertz CT molecular complexity index is 905. The minimum atomic E-state index is -0.436. The average molecular weight is 353 g/mol. The molecule has 0 unspecified atom stereocenters. The fourth-order valence-corrected chi connectivity index (χ4v) is 2.87. The van der Waals surface area contributed by atoms with Gasteiger partial charge in [-0.2, -0.15) is 0 Å². The highest BCUT2D eigenvalue weighted by Crippen LogP contribution is 2.14. The topological polar surface area (TPSA) is 91.4 Å². The Kier molecular flexibility index (Phi) is 4.22. The van der Waals surface area contributed by atoms with Crippen LogP contribution in [0.1, 0.15) is 12.0 Å². The molecule has 1 aliphatic heterocycles. The van der Waals surface area contributed by atoms with Crippen molar-refractivity contribution in [2.45, 2.75) is 0 Å². The maximum Gasteiger partial charge on any atom is 0.415 e. The molecule has 0 saturated carbocycles. The van der Waals surface area contributed by atoms with Crippen LogP contribution in [0.5, 0.6) is 5.75 Å². The van der Waals surface area contributed by atoms with Crippen LogP contribution in [-0.2, 0) is 0 Å². The largest absolute Gasteiger partial charge is 0.415 e. The van der Waals surface area contributed by atoms with Crippen molar-refractivity contribution in [2.75, 3.05) is 26.2 Å². The summed E-state index contributed by atoms with van der Waals surface area (Å²) < 4.78 is 5.28. The number of rotatable bonds is 2. The Hall–Kier alpha value is -3.42. The number of para-hydroxylation sites is 2. The van der Waals surface area contributed by atoms with Crippen molar-refractivity contribution in [1.82, 2.24) is 24.8 Å². The monoisotopic (exact) mass is 353 g/mol.